The van der Waals surface area contributed by atoms with Gasteiger partial charge in [0.1, 0.15) is 0 Å². The van der Waals surface area contributed by atoms with E-state index in [0.29, 0.717) is 6.04 Å². The summed E-state index contributed by atoms with van der Waals surface area (Å²) in [6.07, 6.45) is 10.8. The fourth-order valence-electron chi connectivity index (χ4n) is 1.43. The number of dihydropyridines is 1. The maximum absolute atomic E-state index is 5.43. The zero-order valence-corrected chi connectivity index (χ0v) is 9.09. The molecule has 3 N–H and O–H groups in total. The number of hydrogen-bond donors (Lipinski definition) is 2. The topological polar surface area (TPSA) is 38.0 Å². The van der Waals surface area contributed by atoms with Gasteiger partial charge in [0.15, 0.2) is 0 Å². The molecule has 0 saturated heterocycles. The summed E-state index contributed by atoms with van der Waals surface area (Å²) in [4.78, 5) is 0. The number of rotatable bonds is 4. The fraction of sp³-hybridized carbons (Fsp3) is 0.500. The third kappa shape index (κ3) is 3.38. The van der Waals surface area contributed by atoms with E-state index in [1.807, 2.05) is 0 Å². The zero-order valence-electron chi connectivity index (χ0n) is 9.09. The maximum atomic E-state index is 5.43. The Morgan fingerprint density at radius 3 is 3.07 bits per heavy atom. The number of nitrogens with two attached hydrogens (primary N) is 1. The van der Waals surface area contributed by atoms with Crippen molar-refractivity contribution in [2.75, 3.05) is 6.54 Å². The average Bonchev–Trinajstić information content (AvgIpc) is 2.18. The molecule has 0 aromatic heterocycles. The normalized spacial score (nSPS) is 21.8. The second-order valence-electron chi connectivity index (χ2n) is 3.75. The molecule has 78 valence electrons. The molecule has 0 unspecified atom stereocenters. The monoisotopic (exact) mass is 192 g/mol. The van der Waals surface area contributed by atoms with Gasteiger partial charge in [-0.25, -0.2) is 0 Å². The summed E-state index contributed by atoms with van der Waals surface area (Å²) in [5.74, 6) is 0. The Balaban J connectivity index is 2.49. The number of hydrogen-bond acceptors (Lipinski definition) is 2. The number of allylic oxidation sites excluding steroid dienone is 3. The first kappa shape index (κ1) is 11.1. The summed E-state index contributed by atoms with van der Waals surface area (Å²) in [5, 5.41) is 3.32. The minimum Gasteiger partial charge on any atom is -0.384 e. The molecule has 1 heterocycles. The van der Waals surface area contributed by atoms with Crippen LogP contribution in [0.25, 0.3) is 0 Å². The lowest BCUT2D eigenvalue weighted by Crippen LogP contribution is -2.25. The van der Waals surface area contributed by atoms with Gasteiger partial charge in [-0.05, 0) is 50.6 Å². The van der Waals surface area contributed by atoms with Crippen LogP contribution in [0.2, 0.25) is 0 Å². The summed E-state index contributed by atoms with van der Waals surface area (Å²) >= 11 is 0. The van der Waals surface area contributed by atoms with E-state index in [-0.39, 0.29) is 0 Å². The van der Waals surface area contributed by atoms with Crippen LogP contribution < -0.4 is 11.1 Å². The maximum Gasteiger partial charge on any atom is 0.0480 e. The van der Waals surface area contributed by atoms with Crippen molar-refractivity contribution in [2.24, 2.45) is 5.73 Å². The van der Waals surface area contributed by atoms with Gasteiger partial charge in [0, 0.05) is 6.04 Å². The van der Waals surface area contributed by atoms with Crippen LogP contribution in [0, 0.1) is 0 Å². The van der Waals surface area contributed by atoms with Crippen molar-refractivity contribution in [1.29, 1.82) is 0 Å². The average molecular weight is 192 g/mol. The highest BCUT2D eigenvalue weighted by Crippen LogP contribution is 2.13. The van der Waals surface area contributed by atoms with Crippen LogP contribution in [0.4, 0.5) is 0 Å². The Morgan fingerprint density at radius 2 is 2.36 bits per heavy atom. The van der Waals surface area contributed by atoms with Crippen molar-refractivity contribution < 1.29 is 0 Å². The molecule has 0 spiro atoms. The smallest absolute Gasteiger partial charge is 0.0480 e. The summed E-state index contributed by atoms with van der Waals surface area (Å²) in [6, 6.07) is 0.424. The Hall–Kier alpha value is -1.02. The Labute approximate surface area is 86.6 Å². The van der Waals surface area contributed by atoms with Gasteiger partial charge in [0.25, 0.3) is 0 Å². The molecule has 0 aromatic rings. The Morgan fingerprint density at radius 1 is 1.57 bits per heavy atom. The minimum absolute atomic E-state index is 0.424. The predicted octanol–water partition coefficient (Wildman–Crippen LogP) is 2.10. The van der Waals surface area contributed by atoms with Crippen LogP contribution in [0.5, 0.6) is 0 Å². The van der Waals surface area contributed by atoms with E-state index in [2.05, 4.69) is 43.6 Å². The highest BCUT2D eigenvalue weighted by Gasteiger charge is 2.07. The van der Waals surface area contributed by atoms with Crippen LogP contribution in [0.15, 0.2) is 35.6 Å². The van der Waals surface area contributed by atoms with Crippen molar-refractivity contribution in [3.8, 4) is 0 Å². The van der Waals surface area contributed by atoms with E-state index >= 15 is 0 Å². The van der Waals surface area contributed by atoms with Gasteiger partial charge in [0.2, 0.25) is 0 Å². The van der Waals surface area contributed by atoms with Gasteiger partial charge in [-0.1, -0.05) is 18.2 Å². The molecule has 1 atom stereocenters. The van der Waals surface area contributed by atoms with Crippen molar-refractivity contribution in [1.82, 2.24) is 5.32 Å². The second-order valence-corrected chi connectivity index (χ2v) is 3.75. The highest BCUT2D eigenvalue weighted by molar-refractivity contribution is 5.35. The SMILES string of the molecule is CC1=CN[C@H](C)C(/C=C\CCCN)=C1. The molecule has 0 saturated carbocycles. The largest absolute Gasteiger partial charge is 0.384 e. The molecule has 0 aliphatic carbocycles. The summed E-state index contributed by atoms with van der Waals surface area (Å²) in [6.45, 7) is 5.05. The molecule has 0 bridgehead atoms. The molecule has 0 aromatic carbocycles. The Kier molecular flexibility index (Phi) is 4.47. The van der Waals surface area contributed by atoms with Gasteiger partial charge in [-0.15, -0.1) is 0 Å². The van der Waals surface area contributed by atoms with Gasteiger partial charge < -0.3 is 11.1 Å². The van der Waals surface area contributed by atoms with E-state index in [4.69, 9.17) is 5.73 Å². The lowest BCUT2D eigenvalue weighted by Gasteiger charge is -2.18. The molecule has 2 heteroatoms. The molecule has 0 amide bonds. The molecule has 14 heavy (non-hydrogen) atoms. The van der Waals surface area contributed by atoms with Crippen molar-refractivity contribution in [2.45, 2.75) is 32.7 Å². The molecule has 0 fully saturated rings. The van der Waals surface area contributed by atoms with E-state index < -0.39 is 0 Å². The molecule has 0 radical (unpaired) electrons. The molecular weight excluding hydrogens is 172 g/mol. The molecule has 1 aliphatic rings. The zero-order chi connectivity index (χ0) is 10.4. The van der Waals surface area contributed by atoms with E-state index in [1.165, 1.54) is 11.1 Å². The highest BCUT2D eigenvalue weighted by atomic mass is 14.9. The third-order valence-electron chi connectivity index (χ3n) is 2.34. The molecule has 1 aliphatic heterocycles. The standard InChI is InChI=1S/C12H20N2/c1-10-8-12(11(2)14-9-10)6-4-3-5-7-13/h4,6,8-9,11,14H,3,5,7,13H2,1-2H3/b6-4-/t11-/m1/s1. The minimum atomic E-state index is 0.424. The Bertz CT molecular complexity index is 261. The van der Waals surface area contributed by atoms with E-state index in [9.17, 15) is 0 Å². The first-order valence-corrected chi connectivity index (χ1v) is 5.25. The lowest BCUT2D eigenvalue weighted by atomic mass is 10.0. The third-order valence-corrected chi connectivity index (χ3v) is 2.34. The van der Waals surface area contributed by atoms with Crippen LogP contribution in [-0.4, -0.2) is 12.6 Å². The predicted molar refractivity (Wildman–Crippen MR) is 61.9 cm³/mol. The molecular formula is C12H20N2. The van der Waals surface area contributed by atoms with Gasteiger partial charge >= 0.3 is 0 Å². The van der Waals surface area contributed by atoms with Crippen LogP contribution >= 0.6 is 0 Å². The van der Waals surface area contributed by atoms with Crippen molar-refractivity contribution in [3.63, 3.8) is 0 Å². The van der Waals surface area contributed by atoms with Crippen molar-refractivity contribution >= 4 is 0 Å². The summed E-state index contributed by atoms with van der Waals surface area (Å²) in [5.41, 5.74) is 8.06. The van der Waals surface area contributed by atoms with Gasteiger partial charge in [0.05, 0.1) is 0 Å². The van der Waals surface area contributed by atoms with E-state index in [1.54, 1.807) is 0 Å². The molecule has 2 nitrogen and oxygen atoms in total. The number of nitrogens with one attached hydrogen (secondary N) is 1. The van der Waals surface area contributed by atoms with Crippen LogP contribution in [0.3, 0.4) is 0 Å². The second kappa shape index (κ2) is 5.66. The first-order valence-electron chi connectivity index (χ1n) is 5.25. The van der Waals surface area contributed by atoms with Crippen LogP contribution in [0.1, 0.15) is 26.7 Å². The fourth-order valence-corrected chi connectivity index (χ4v) is 1.43. The van der Waals surface area contributed by atoms with Crippen molar-refractivity contribution in [3.05, 3.63) is 35.6 Å². The van der Waals surface area contributed by atoms with E-state index in [0.717, 1.165) is 19.4 Å². The van der Waals surface area contributed by atoms with Crippen LogP contribution in [-0.2, 0) is 0 Å². The van der Waals surface area contributed by atoms with Gasteiger partial charge in [-0.2, -0.15) is 0 Å². The van der Waals surface area contributed by atoms with Gasteiger partial charge in [-0.3, -0.25) is 0 Å². The summed E-state index contributed by atoms with van der Waals surface area (Å²) in [7, 11) is 0. The lowest BCUT2D eigenvalue weighted by molar-refractivity contribution is 0.725. The summed E-state index contributed by atoms with van der Waals surface area (Å²) < 4.78 is 0. The number of unbranched alkanes of at least 4 members (excludes halogenated alkanes) is 1. The first-order chi connectivity index (χ1) is 6.74. The quantitative estimate of drug-likeness (QED) is 0.669. The molecule has 1 rings (SSSR count).